The Morgan fingerprint density at radius 1 is 0.804 bits per heavy atom. The van der Waals surface area contributed by atoms with Crippen LogP contribution in [0.15, 0.2) is 156 Å². The van der Waals surface area contributed by atoms with Gasteiger partial charge in [0.2, 0.25) is 5.82 Å². The van der Waals surface area contributed by atoms with E-state index in [-0.39, 0.29) is 18.4 Å². The van der Waals surface area contributed by atoms with Crippen LogP contribution in [0.3, 0.4) is 0 Å². The van der Waals surface area contributed by atoms with E-state index in [4.69, 9.17) is 14.6 Å². The highest BCUT2D eigenvalue weighted by molar-refractivity contribution is 7.17. The minimum Gasteiger partial charge on any atom is -0.493 e. The van der Waals surface area contributed by atoms with Gasteiger partial charge in [0, 0.05) is 23.9 Å². The summed E-state index contributed by atoms with van der Waals surface area (Å²) in [4.78, 5) is 37.9. The lowest BCUT2D eigenvalue weighted by Gasteiger charge is -2.35. The van der Waals surface area contributed by atoms with E-state index in [1.165, 1.54) is 23.5 Å². The molecular weight excluding hydrogens is 728 g/mol. The number of amides is 1. The van der Waals surface area contributed by atoms with Crippen LogP contribution in [0.1, 0.15) is 39.3 Å². The number of nitrogens with one attached hydrogen (secondary N) is 2. The van der Waals surface area contributed by atoms with Crippen molar-refractivity contribution in [3.63, 3.8) is 0 Å². The molecule has 5 aromatic carbocycles. The fraction of sp³-hybridized carbons (Fsp3) is 0.114. The van der Waals surface area contributed by atoms with Crippen molar-refractivity contribution in [2.75, 3.05) is 13.2 Å². The van der Waals surface area contributed by atoms with Crippen molar-refractivity contribution in [1.29, 1.82) is 0 Å². The van der Waals surface area contributed by atoms with Gasteiger partial charge in [-0.3, -0.25) is 9.59 Å². The van der Waals surface area contributed by atoms with E-state index in [2.05, 4.69) is 56.7 Å². The van der Waals surface area contributed by atoms with E-state index < -0.39 is 22.8 Å². The molecule has 0 saturated heterocycles. The first-order valence-corrected chi connectivity index (χ1v) is 18.9. The Kier molecular flexibility index (Phi) is 10.4. The van der Waals surface area contributed by atoms with Crippen molar-refractivity contribution in [2.24, 2.45) is 0 Å². The predicted molar refractivity (Wildman–Crippen MR) is 213 cm³/mol. The van der Waals surface area contributed by atoms with Gasteiger partial charge in [-0.25, -0.2) is 14.1 Å². The number of hydrogen-bond acceptors (Lipinski definition) is 8. The van der Waals surface area contributed by atoms with Crippen LogP contribution in [0.5, 0.6) is 11.8 Å². The van der Waals surface area contributed by atoms with Crippen LogP contribution in [0, 0.1) is 5.82 Å². The highest BCUT2D eigenvalue weighted by Crippen LogP contribution is 2.40. The van der Waals surface area contributed by atoms with Gasteiger partial charge in [0.1, 0.15) is 28.3 Å². The van der Waals surface area contributed by atoms with Crippen molar-refractivity contribution >= 4 is 27.5 Å². The number of rotatable bonds is 14. The molecule has 0 bridgehead atoms. The fourth-order valence-electron chi connectivity index (χ4n) is 6.76. The monoisotopic (exact) mass is 762 g/mol. The molecule has 0 unspecified atom stereocenters. The zero-order valence-electron chi connectivity index (χ0n) is 30.0. The summed E-state index contributed by atoms with van der Waals surface area (Å²) >= 11 is 1.22. The number of ether oxygens (including phenoxy) is 2. The van der Waals surface area contributed by atoms with Gasteiger partial charge in [-0.1, -0.05) is 115 Å². The van der Waals surface area contributed by atoms with Crippen molar-refractivity contribution in [3.8, 4) is 22.9 Å². The standard InChI is InChI=1S/C44H35FN6O4S/c45-35-21-11-14-31(26-35)37-28-56-42-38(37)40(52)48-39(49-42)41(53)46-27-30-13-10-22-36(25-30)54-23-12-24-55-43-47-29-51(50-43)44(32-15-4-1-5-16-32,33-17-6-2-7-18-33)34-19-8-3-9-20-34/h1-11,13-22,25-26,28-29H,12,23-24,27H2,(H,46,53)(H,48,49,52). The number of benzene rings is 5. The summed E-state index contributed by atoms with van der Waals surface area (Å²) in [6.45, 7) is 0.894. The second kappa shape index (κ2) is 16.2. The SMILES string of the molecule is O=C(NCc1cccc(OCCCOc2ncn(C(c3ccccc3)(c3ccccc3)c3ccccc3)n2)c1)c1nc2scc(-c3cccc(F)c3)c2c(=O)[nH]1. The molecule has 10 nitrogen and oxygen atoms in total. The number of hydrogen-bond donors (Lipinski definition) is 2. The van der Waals surface area contributed by atoms with Gasteiger partial charge in [-0.2, -0.15) is 4.98 Å². The number of aromatic nitrogens is 5. The summed E-state index contributed by atoms with van der Waals surface area (Å²) in [6.07, 6.45) is 2.28. The van der Waals surface area contributed by atoms with Gasteiger partial charge in [0.05, 0.1) is 18.6 Å². The van der Waals surface area contributed by atoms with Gasteiger partial charge >= 0.3 is 6.01 Å². The summed E-state index contributed by atoms with van der Waals surface area (Å²) in [7, 11) is 0. The molecule has 0 aliphatic heterocycles. The average Bonchev–Trinajstić information content (AvgIpc) is 3.90. The zero-order chi connectivity index (χ0) is 38.3. The largest absolute Gasteiger partial charge is 0.493 e. The third-order valence-electron chi connectivity index (χ3n) is 9.32. The molecule has 8 rings (SSSR count). The summed E-state index contributed by atoms with van der Waals surface area (Å²) in [6, 6.07) is 44.4. The van der Waals surface area contributed by atoms with Crippen LogP contribution >= 0.6 is 11.3 Å². The molecule has 12 heteroatoms. The molecule has 0 aliphatic carbocycles. The molecule has 278 valence electrons. The van der Waals surface area contributed by atoms with Crippen molar-refractivity contribution in [1.82, 2.24) is 30.0 Å². The normalized spacial score (nSPS) is 11.4. The minimum atomic E-state index is -0.785. The number of thiophene rings is 1. The maximum atomic E-state index is 13.8. The van der Waals surface area contributed by atoms with Gasteiger partial charge in [-0.05, 0) is 52.1 Å². The maximum Gasteiger partial charge on any atom is 0.335 e. The van der Waals surface area contributed by atoms with Crippen LogP contribution in [0.2, 0.25) is 0 Å². The number of nitrogens with zero attached hydrogens (tertiary/aromatic N) is 4. The Morgan fingerprint density at radius 2 is 1.46 bits per heavy atom. The van der Waals surface area contributed by atoms with Gasteiger partial charge in [0.15, 0.2) is 0 Å². The van der Waals surface area contributed by atoms with Crippen LogP contribution in [-0.4, -0.2) is 43.9 Å². The van der Waals surface area contributed by atoms with Crippen LogP contribution in [0.25, 0.3) is 21.3 Å². The minimum absolute atomic E-state index is 0.104. The molecule has 2 N–H and O–H groups in total. The van der Waals surface area contributed by atoms with Gasteiger partial charge in [-0.15, -0.1) is 16.4 Å². The number of aromatic amines is 1. The Bertz CT molecular complexity index is 2550. The molecule has 1 amide bonds. The second-order valence-corrected chi connectivity index (χ2v) is 13.8. The van der Waals surface area contributed by atoms with Crippen LogP contribution in [0.4, 0.5) is 4.39 Å². The van der Waals surface area contributed by atoms with Crippen molar-refractivity contribution in [2.45, 2.75) is 18.5 Å². The lowest BCUT2D eigenvalue weighted by molar-refractivity contribution is 0.0940. The number of halogens is 1. The number of carbonyl (C=O) groups is 1. The number of carbonyl (C=O) groups excluding carboxylic acids is 1. The third kappa shape index (κ3) is 7.42. The quantitative estimate of drug-likeness (QED) is 0.0850. The second-order valence-electron chi connectivity index (χ2n) is 12.9. The van der Waals surface area contributed by atoms with Crippen LogP contribution in [-0.2, 0) is 12.1 Å². The summed E-state index contributed by atoms with van der Waals surface area (Å²) in [5, 5.41) is 9.71. The highest BCUT2D eigenvalue weighted by Gasteiger charge is 2.39. The van der Waals surface area contributed by atoms with Gasteiger partial charge < -0.3 is 19.8 Å². The first-order chi connectivity index (χ1) is 27.5. The lowest BCUT2D eigenvalue weighted by Crippen LogP contribution is -2.38. The van der Waals surface area contributed by atoms with Crippen molar-refractivity contribution < 1.29 is 18.7 Å². The molecule has 0 saturated carbocycles. The summed E-state index contributed by atoms with van der Waals surface area (Å²) in [5.41, 5.74) is 3.78. The molecule has 3 heterocycles. The predicted octanol–water partition coefficient (Wildman–Crippen LogP) is 8.00. The zero-order valence-corrected chi connectivity index (χ0v) is 30.8. The fourth-order valence-corrected chi connectivity index (χ4v) is 7.71. The number of fused-ring (bicyclic) bond motifs is 1. The maximum absolute atomic E-state index is 13.8. The van der Waals surface area contributed by atoms with Crippen LogP contribution < -0.4 is 20.3 Å². The Labute approximate surface area is 325 Å². The average molecular weight is 763 g/mol. The molecule has 0 radical (unpaired) electrons. The first-order valence-electron chi connectivity index (χ1n) is 18.0. The smallest absolute Gasteiger partial charge is 0.335 e. The summed E-state index contributed by atoms with van der Waals surface area (Å²) < 4.78 is 27.7. The Balaban J connectivity index is 0.879. The third-order valence-corrected chi connectivity index (χ3v) is 10.2. The molecular formula is C44H35FN6O4S. The molecule has 3 aromatic heterocycles. The molecule has 0 aliphatic rings. The van der Waals surface area contributed by atoms with E-state index in [9.17, 15) is 14.0 Å². The van der Waals surface area contributed by atoms with Gasteiger partial charge in [0.25, 0.3) is 11.5 Å². The summed E-state index contributed by atoms with van der Waals surface area (Å²) in [5.74, 6) is -0.406. The topological polar surface area (TPSA) is 124 Å². The Hall–Kier alpha value is -6.92. The Morgan fingerprint density at radius 3 is 2.14 bits per heavy atom. The van der Waals surface area contributed by atoms with E-state index in [1.54, 1.807) is 23.8 Å². The van der Waals surface area contributed by atoms with Crippen molar-refractivity contribution in [3.05, 3.63) is 195 Å². The molecule has 0 atom stereocenters. The molecule has 0 spiro atoms. The van der Waals surface area contributed by atoms with E-state index >= 15 is 0 Å². The van der Waals surface area contributed by atoms with E-state index in [0.717, 1.165) is 22.3 Å². The first kappa shape index (κ1) is 36.1. The van der Waals surface area contributed by atoms with E-state index in [0.29, 0.717) is 46.7 Å². The van der Waals surface area contributed by atoms with E-state index in [1.807, 2.05) is 83.5 Å². The molecule has 8 aromatic rings. The number of H-pyrrole nitrogens is 1. The molecule has 56 heavy (non-hydrogen) atoms. The molecule has 0 fully saturated rings. The highest BCUT2D eigenvalue weighted by atomic mass is 32.1. The lowest BCUT2D eigenvalue weighted by atomic mass is 9.77.